The Labute approximate surface area is 100 Å². The first-order chi connectivity index (χ1) is 7.77. The van der Waals surface area contributed by atoms with Crippen LogP contribution in [0.2, 0.25) is 0 Å². The van der Waals surface area contributed by atoms with Crippen LogP contribution in [0.15, 0.2) is 11.4 Å². The summed E-state index contributed by atoms with van der Waals surface area (Å²) in [7, 11) is 1.97. The third-order valence-corrected chi connectivity index (χ3v) is 3.01. The standard InChI is InChI=1S/C12H17NO2S/c1-13(6-8-15)10-12-11(5-9-16-12)4-2-3-7-14/h5,9,14-15H,3,6-8,10H2,1H3. The maximum atomic E-state index is 8.81. The zero-order valence-electron chi connectivity index (χ0n) is 9.44. The van der Waals surface area contributed by atoms with E-state index in [0.29, 0.717) is 13.0 Å². The minimum atomic E-state index is 0.108. The topological polar surface area (TPSA) is 43.7 Å². The molecule has 0 radical (unpaired) electrons. The van der Waals surface area contributed by atoms with E-state index in [9.17, 15) is 0 Å². The molecule has 0 saturated carbocycles. The van der Waals surface area contributed by atoms with Crippen molar-refractivity contribution in [1.29, 1.82) is 0 Å². The number of hydrogen-bond acceptors (Lipinski definition) is 4. The van der Waals surface area contributed by atoms with Gasteiger partial charge in [0.2, 0.25) is 0 Å². The molecule has 0 saturated heterocycles. The number of hydrogen-bond donors (Lipinski definition) is 2. The maximum Gasteiger partial charge on any atom is 0.0558 e. The average molecular weight is 239 g/mol. The van der Waals surface area contributed by atoms with Crippen LogP contribution in [0.3, 0.4) is 0 Å². The Kier molecular flexibility index (Phi) is 6.12. The molecule has 88 valence electrons. The summed E-state index contributed by atoms with van der Waals surface area (Å²) in [5.74, 6) is 5.97. The number of aliphatic hydroxyl groups is 2. The summed E-state index contributed by atoms with van der Waals surface area (Å²) in [6, 6.07) is 2.00. The summed E-state index contributed by atoms with van der Waals surface area (Å²) < 4.78 is 0. The van der Waals surface area contributed by atoms with Crippen LogP contribution in [0.1, 0.15) is 16.9 Å². The summed E-state index contributed by atoms with van der Waals surface area (Å²) in [4.78, 5) is 3.27. The van der Waals surface area contributed by atoms with Crippen LogP contribution in [0.25, 0.3) is 0 Å². The predicted molar refractivity (Wildman–Crippen MR) is 66.3 cm³/mol. The largest absolute Gasteiger partial charge is 0.395 e. The van der Waals surface area contributed by atoms with Crippen LogP contribution in [0.5, 0.6) is 0 Å². The zero-order chi connectivity index (χ0) is 11.8. The van der Waals surface area contributed by atoms with Crippen molar-refractivity contribution in [2.75, 3.05) is 26.8 Å². The van der Waals surface area contributed by atoms with Crippen LogP contribution in [-0.4, -0.2) is 41.9 Å². The molecule has 3 nitrogen and oxygen atoms in total. The van der Waals surface area contributed by atoms with Gasteiger partial charge in [0.15, 0.2) is 0 Å². The second-order valence-corrected chi connectivity index (χ2v) is 4.49. The van der Waals surface area contributed by atoms with Gasteiger partial charge < -0.3 is 10.2 Å². The molecule has 4 heteroatoms. The Morgan fingerprint density at radius 3 is 2.88 bits per heavy atom. The third kappa shape index (κ3) is 4.33. The lowest BCUT2D eigenvalue weighted by atomic mass is 10.2. The van der Waals surface area contributed by atoms with E-state index in [1.54, 1.807) is 11.3 Å². The van der Waals surface area contributed by atoms with Crippen LogP contribution < -0.4 is 0 Å². The highest BCUT2D eigenvalue weighted by Crippen LogP contribution is 2.17. The molecule has 0 amide bonds. The fraction of sp³-hybridized carbons (Fsp3) is 0.500. The lowest BCUT2D eigenvalue weighted by Crippen LogP contribution is -2.21. The lowest BCUT2D eigenvalue weighted by molar-refractivity contribution is 0.218. The minimum Gasteiger partial charge on any atom is -0.395 e. The zero-order valence-corrected chi connectivity index (χ0v) is 10.3. The molecule has 0 bridgehead atoms. The molecule has 0 aliphatic rings. The van der Waals surface area contributed by atoms with Crippen molar-refractivity contribution in [3.05, 3.63) is 21.9 Å². The van der Waals surface area contributed by atoms with Gasteiger partial charge in [-0.3, -0.25) is 4.90 Å². The average Bonchev–Trinajstić information content (AvgIpc) is 2.66. The summed E-state index contributed by atoms with van der Waals surface area (Å²) in [5.41, 5.74) is 1.03. The number of rotatable bonds is 5. The number of nitrogens with zero attached hydrogens (tertiary/aromatic N) is 1. The molecule has 0 aliphatic carbocycles. The van der Waals surface area contributed by atoms with E-state index >= 15 is 0 Å². The molecule has 1 rings (SSSR count). The summed E-state index contributed by atoms with van der Waals surface area (Å²) in [6.07, 6.45) is 0.516. The van der Waals surface area contributed by atoms with Crippen LogP contribution in [-0.2, 0) is 6.54 Å². The molecule has 1 heterocycles. The van der Waals surface area contributed by atoms with E-state index < -0.39 is 0 Å². The first-order valence-corrected chi connectivity index (χ1v) is 6.11. The molecule has 0 unspecified atom stereocenters. The van der Waals surface area contributed by atoms with E-state index in [-0.39, 0.29) is 13.2 Å². The molecular formula is C12H17NO2S. The second-order valence-electron chi connectivity index (χ2n) is 3.49. The predicted octanol–water partition coefficient (Wildman–Crippen LogP) is 0.906. The Morgan fingerprint density at radius 2 is 2.19 bits per heavy atom. The van der Waals surface area contributed by atoms with Crippen molar-refractivity contribution in [3.8, 4) is 11.8 Å². The highest BCUT2D eigenvalue weighted by atomic mass is 32.1. The van der Waals surface area contributed by atoms with Gasteiger partial charge in [-0.2, -0.15) is 0 Å². The van der Waals surface area contributed by atoms with E-state index in [4.69, 9.17) is 10.2 Å². The maximum absolute atomic E-state index is 8.81. The SMILES string of the molecule is CN(CCO)Cc1sccc1C#CCCO. The van der Waals surface area contributed by atoms with E-state index in [2.05, 4.69) is 16.7 Å². The van der Waals surface area contributed by atoms with Gasteiger partial charge in [0, 0.05) is 30.0 Å². The smallest absolute Gasteiger partial charge is 0.0558 e. The summed E-state index contributed by atoms with van der Waals surface area (Å²) in [5, 5.41) is 19.5. The van der Waals surface area contributed by atoms with E-state index in [1.807, 2.05) is 18.5 Å². The molecule has 1 aromatic rings. The normalized spacial score (nSPS) is 10.2. The Morgan fingerprint density at radius 1 is 1.38 bits per heavy atom. The highest BCUT2D eigenvalue weighted by Gasteiger charge is 2.05. The first-order valence-electron chi connectivity index (χ1n) is 5.23. The van der Waals surface area contributed by atoms with Crippen molar-refractivity contribution < 1.29 is 10.2 Å². The van der Waals surface area contributed by atoms with Crippen LogP contribution in [0, 0.1) is 11.8 Å². The van der Waals surface area contributed by atoms with Crippen LogP contribution in [0.4, 0.5) is 0 Å². The Bertz CT molecular complexity index is 365. The number of thiophene rings is 1. The minimum absolute atomic E-state index is 0.108. The third-order valence-electron chi connectivity index (χ3n) is 2.10. The van der Waals surface area contributed by atoms with Crippen molar-refractivity contribution in [3.63, 3.8) is 0 Å². The van der Waals surface area contributed by atoms with E-state index in [1.165, 1.54) is 4.88 Å². The molecule has 0 aliphatic heterocycles. The molecule has 2 N–H and O–H groups in total. The van der Waals surface area contributed by atoms with Gasteiger partial charge in [-0.15, -0.1) is 11.3 Å². The van der Waals surface area contributed by atoms with Crippen molar-refractivity contribution >= 4 is 11.3 Å². The van der Waals surface area contributed by atoms with Crippen molar-refractivity contribution in [2.45, 2.75) is 13.0 Å². The molecule has 0 atom stereocenters. The number of likely N-dealkylation sites (N-methyl/N-ethyl adjacent to an activating group) is 1. The molecule has 1 aromatic heterocycles. The fourth-order valence-corrected chi connectivity index (χ4v) is 2.19. The van der Waals surface area contributed by atoms with Gasteiger partial charge in [0.05, 0.1) is 13.2 Å². The number of aliphatic hydroxyl groups excluding tert-OH is 2. The molecule has 0 aromatic carbocycles. The fourth-order valence-electron chi connectivity index (χ4n) is 1.28. The molecule has 0 spiro atoms. The quantitative estimate of drug-likeness (QED) is 0.751. The molecule has 16 heavy (non-hydrogen) atoms. The van der Waals surface area contributed by atoms with Crippen molar-refractivity contribution in [1.82, 2.24) is 4.90 Å². The Balaban J connectivity index is 2.61. The van der Waals surface area contributed by atoms with E-state index in [0.717, 1.165) is 12.1 Å². The van der Waals surface area contributed by atoms with Crippen LogP contribution >= 0.6 is 11.3 Å². The monoisotopic (exact) mass is 239 g/mol. The first kappa shape index (κ1) is 13.2. The van der Waals surface area contributed by atoms with Crippen molar-refractivity contribution in [2.24, 2.45) is 0 Å². The summed E-state index contributed by atoms with van der Waals surface area (Å²) in [6.45, 7) is 1.76. The highest BCUT2D eigenvalue weighted by molar-refractivity contribution is 7.10. The van der Waals surface area contributed by atoms with Gasteiger partial charge in [0.1, 0.15) is 0 Å². The lowest BCUT2D eigenvalue weighted by Gasteiger charge is -2.13. The second kappa shape index (κ2) is 7.42. The van der Waals surface area contributed by atoms with Gasteiger partial charge in [-0.1, -0.05) is 11.8 Å². The molecule has 0 fully saturated rings. The van der Waals surface area contributed by atoms with Gasteiger partial charge >= 0.3 is 0 Å². The van der Waals surface area contributed by atoms with Gasteiger partial charge in [0.25, 0.3) is 0 Å². The van der Waals surface area contributed by atoms with Gasteiger partial charge in [-0.25, -0.2) is 0 Å². The summed E-state index contributed by atoms with van der Waals surface area (Å²) >= 11 is 1.67. The molecular weight excluding hydrogens is 222 g/mol. The Hall–Kier alpha value is -0.860. The van der Waals surface area contributed by atoms with Gasteiger partial charge in [-0.05, 0) is 18.5 Å².